The van der Waals surface area contributed by atoms with Crippen LogP contribution in [0, 0.1) is 0 Å². The molecule has 14 heavy (non-hydrogen) atoms. The summed E-state index contributed by atoms with van der Waals surface area (Å²) in [5.41, 5.74) is 1.89. The Kier molecular flexibility index (Phi) is 2.40. The van der Waals surface area contributed by atoms with Crippen LogP contribution in [0.15, 0.2) is 47.5 Å². The molecule has 1 heterocycles. The third-order valence-electron chi connectivity index (χ3n) is 1.96. The third-order valence-corrected chi connectivity index (χ3v) is 1.96. The van der Waals surface area contributed by atoms with Crippen molar-refractivity contribution in [1.82, 2.24) is 9.97 Å². The second kappa shape index (κ2) is 3.87. The second-order valence-corrected chi connectivity index (χ2v) is 3.06. The van der Waals surface area contributed by atoms with Gasteiger partial charge in [-0.3, -0.25) is 9.78 Å². The Balaban J connectivity index is 2.19. The Hall–Kier alpha value is -1.90. The van der Waals surface area contributed by atoms with E-state index in [1.807, 2.05) is 30.3 Å². The number of nitrogens with zero attached hydrogens (tertiary/aromatic N) is 1. The zero-order valence-electron chi connectivity index (χ0n) is 7.60. The van der Waals surface area contributed by atoms with Gasteiger partial charge in [0.2, 0.25) is 0 Å². The van der Waals surface area contributed by atoms with E-state index < -0.39 is 0 Å². The van der Waals surface area contributed by atoms with E-state index in [-0.39, 0.29) is 5.56 Å². The van der Waals surface area contributed by atoms with Gasteiger partial charge in [-0.15, -0.1) is 0 Å². The molecule has 0 aliphatic carbocycles. The molecule has 3 heteroatoms. The molecule has 0 fully saturated rings. The molecule has 0 bridgehead atoms. The van der Waals surface area contributed by atoms with Crippen molar-refractivity contribution in [2.45, 2.75) is 6.42 Å². The van der Waals surface area contributed by atoms with E-state index in [4.69, 9.17) is 0 Å². The van der Waals surface area contributed by atoms with Crippen LogP contribution in [0.25, 0.3) is 0 Å². The largest absolute Gasteiger partial charge is 0.326 e. The normalized spacial score (nSPS) is 10.0. The monoisotopic (exact) mass is 186 g/mol. The molecule has 0 aliphatic heterocycles. The second-order valence-electron chi connectivity index (χ2n) is 3.06. The van der Waals surface area contributed by atoms with Crippen molar-refractivity contribution < 1.29 is 0 Å². The van der Waals surface area contributed by atoms with Gasteiger partial charge in [-0.1, -0.05) is 30.3 Å². The quantitative estimate of drug-likeness (QED) is 0.769. The first kappa shape index (κ1) is 8.69. The molecule has 0 unspecified atom stereocenters. The number of nitrogens with one attached hydrogen (secondary N) is 1. The highest BCUT2D eigenvalue weighted by molar-refractivity contribution is 5.19. The number of H-pyrrole nitrogens is 1. The number of hydrogen-bond donors (Lipinski definition) is 1. The Labute approximate surface area is 81.5 Å². The number of hydrogen-bond acceptors (Lipinski definition) is 2. The maximum atomic E-state index is 10.8. The summed E-state index contributed by atoms with van der Waals surface area (Å²) in [6.45, 7) is 0. The van der Waals surface area contributed by atoms with Crippen molar-refractivity contribution >= 4 is 0 Å². The highest BCUT2D eigenvalue weighted by atomic mass is 16.1. The van der Waals surface area contributed by atoms with Gasteiger partial charge < -0.3 is 4.98 Å². The molecular formula is C11H10N2O. The van der Waals surface area contributed by atoms with Crippen molar-refractivity contribution in [2.24, 2.45) is 0 Å². The minimum atomic E-state index is -0.165. The van der Waals surface area contributed by atoms with E-state index in [1.165, 1.54) is 11.8 Å². The molecule has 1 aromatic carbocycles. The summed E-state index contributed by atoms with van der Waals surface area (Å²) in [6.07, 6.45) is 3.70. The number of rotatable bonds is 2. The Morgan fingerprint density at radius 2 is 2.00 bits per heavy atom. The number of benzene rings is 1. The van der Waals surface area contributed by atoms with Gasteiger partial charge >= 0.3 is 0 Å². The minimum Gasteiger partial charge on any atom is -0.326 e. The first-order chi connectivity index (χ1) is 6.84. The standard InChI is InChI=1S/C11H10N2O/c14-11-8-12-10(7-13-11)6-9-4-2-1-3-5-9/h1-5,7-8H,6H2,(H,13,14). The van der Waals surface area contributed by atoms with Crippen molar-refractivity contribution in [3.05, 3.63) is 64.3 Å². The van der Waals surface area contributed by atoms with E-state index in [2.05, 4.69) is 9.97 Å². The van der Waals surface area contributed by atoms with Gasteiger partial charge in [0.25, 0.3) is 5.56 Å². The van der Waals surface area contributed by atoms with Gasteiger partial charge in [0.05, 0.1) is 11.9 Å². The first-order valence-electron chi connectivity index (χ1n) is 4.42. The smallest absolute Gasteiger partial charge is 0.266 e. The third kappa shape index (κ3) is 2.07. The van der Waals surface area contributed by atoms with Crippen LogP contribution in [0.3, 0.4) is 0 Å². The molecule has 0 saturated carbocycles. The van der Waals surface area contributed by atoms with Gasteiger partial charge in [0.1, 0.15) is 0 Å². The molecule has 1 N–H and O–H groups in total. The average molecular weight is 186 g/mol. The number of aromatic nitrogens is 2. The lowest BCUT2D eigenvalue weighted by Crippen LogP contribution is -2.06. The Morgan fingerprint density at radius 1 is 1.21 bits per heavy atom. The highest BCUT2D eigenvalue weighted by Gasteiger charge is 1.95. The lowest BCUT2D eigenvalue weighted by molar-refractivity contribution is 1.01. The van der Waals surface area contributed by atoms with Crippen LogP contribution in [0.4, 0.5) is 0 Å². The van der Waals surface area contributed by atoms with E-state index in [0.717, 1.165) is 12.1 Å². The zero-order chi connectivity index (χ0) is 9.80. The average Bonchev–Trinajstić information content (AvgIpc) is 2.23. The van der Waals surface area contributed by atoms with Crippen molar-refractivity contribution in [1.29, 1.82) is 0 Å². The molecule has 2 aromatic rings. The Morgan fingerprint density at radius 3 is 2.64 bits per heavy atom. The SMILES string of the molecule is O=c1cnc(Cc2ccccc2)c[nH]1. The molecule has 1 aromatic heterocycles. The van der Waals surface area contributed by atoms with Crippen LogP contribution in [0.5, 0.6) is 0 Å². The van der Waals surface area contributed by atoms with E-state index in [9.17, 15) is 4.79 Å². The summed E-state index contributed by atoms with van der Waals surface area (Å²) < 4.78 is 0. The molecule has 0 radical (unpaired) electrons. The van der Waals surface area contributed by atoms with Crippen molar-refractivity contribution in [3.63, 3.8) is 0 Å². The predicted molar refractivity (Wildman–Crippen MR) is 54.1 cm³/mol. The van der Waals surface area contributed by atoms with E-state index in [1.54, 1.807) is 6.20 Å². The summed E-state index contributed by atoms with van der Waals surface area (Å²) in [5, 5.41) is 0. The van der Waals surface area contributed by atoms with Crippen LogP contribution in [0.2, 0.25) is 0 Å². The van der Waals surface area contributed by atoms with Gasteiger partial charge in [-0.25, -0.2) is 0 Å². The molecule has 0 amide bonds. The minimum absolute atomic E-state index is 0.165. The summed E-state index contributed by atoms with van der Waals surface area (Å²) in [4.78, 5) is 17.4. The molecule has 2 rings (SSSR count). The Bertz CT molecular complexity index is 442. The lowest BCUT2D eigenvalue weighted by atomic mass is 10.1. The summed E-state index contributed by atoms with van der Waals surface area (Å²) in [5.74, 6) is 0. The summed E-state index contributed by atoms with van der Waals surface area (Å²) in [6, 6.07) is 10.0. The molecule has 0 atom stereocenters. The molecule has 70 valence electrons. The molecular weight excluding hydrogens is 176 g/mol. The maximum Gasteiger partial charge on any atom is 0.266 e. The van der Waals surface area contributed by atoms with Crippen LogP contribution < -0.4 is 5.56 Å². The fraction of sp³-hybridized carbons (Fsp3) is 0.0909. The fourth-order valence-corrected chi connectivity index (χ4v) is 1.27. The highest BCUT2D eigenvalue weighted by Crippen LogP contribution is 2.03. The molecule has 0 saturated heterocycles. The van der Waals surface area contributed by atoms with Gasteiger partial charge in [-0.2, -0.15) is 0 Å². The molecule has 0 spiro atoms. The van der Waals surface area contributed by atoms with Gasteiger partial charge in [-0.05, 0) is 5.56 Å². The fourth-order valence-electron chi connectivity index (χ4n) is 1.27. The van der Waals surface area contributed by atoms with E-state index in [0.29, 0.717) is 0 Å². The van der Waals surface area contributed by atoms with E-state index >= 15 is 0 Å². The molecule has 0 aliphatic rings. The topological polar surface area (TPSA) is 45.8 Å². The predicted octanol–water partition coefficient (Wildman–Crippen LogP) is 1.36. The van der Waals surface area contributed by atoms with Gasteiger partial charge in [0, 0.05) is 12.6 Å². The lowest BCUT2D eigenvalue weighted by Gasteiger charge is -1.98. The van der Waals surface area contributed by atoms with Crippen LogP contribution >= 0.6 is 0 Å². The van der Waals surface area contributed by atoms with Crippen molar-refractivity contribution in [2.75, 3.05) is 0 Å². The molecule has 3 nitrogen and oxygen atoms in total. The first-order valence-corrected chi connectivity index (χ1v) is 4.42. The van der Waals surface area contributed by atoms with Crippen LogP contribution in [0.1, 0.15) is 11.3 Å². The van der Waals surface area contributed by atoms with Gasteiger partial charge in [0.15, 0.2) is 0 Å². The summed E-state index contributed by atoms with van der Waals surface area (Å²) in [7, 11) is 0. The summed E-state index contributed by atoms with van der Waals surface area (Å²) >= 11 is 0. The van der Waals surface area contributed by atoms with Crippen molar-refractivity contribution in [3.8, 4) is 0 Å². The van der Waals surface area contributed by atoms with Crippen LogP contribution in [-0.2, 0) is 6.42 Å². The van der Waals surface area contributed by atoms with Crippen LogP contribution in [-0.4, -0.2) is 9.97 Å². The number of aromatic amines is 1. The maximum absolute atomic E-state index is 10.8. The zero-order valence-corrected chi connectivity index (χ0v) is 7.60.